The fraction of sp³-hybridized carbons (Fsp3) is 0.625. The number of likely N-dealkylation sites (N-methyl/N-ethyl adjacent to an activating group) is 1. The Labute approximate surface area is 117 Å². The summed E-state index contributed by atoms with van der Waals surface area (Å²) in [5.41, 5.74) is 3.93. The zero-order chi connectivity index (χ0) is 13.7. The SMILES string of the molecule is Cc1cc(C)cc(NCCCN2CCN(C)CC2)c1. The number of anilines is 1. The lowest BCUT2D eigenvalue weighted by atomic mass is 10.1. The number of hydrogen-bond acceptors (Lipinski definition) is 3. The average Bonchev–Trinajstić information content (AvgIpc) is 2.36. The van der Waals surface area contributed by atoms with E-state index in [1.54, 1.807) is 0 Å². The molecule has 1 heterocycles. The Morgan fingerprint density at radius 2 is 1.63 bits per heavy atom. The molecule has 1 fully saturated rings. The summed E-state index contributed by atoms with van der Waals surface area (Å²) < 4.78 is 0. The monoisotopic (exact) mass is 261 g/mol. The predicted octanol–water partition coefficient (Wildman–Crippen LogP) is 2.35. The van der Waals surface area contributed by atoms with Crippen LogP contribution in [0.3, 0.4) is 0 Å². The van der Waals surface area contributed by atoms with Crippen LogP contribution in [0.2, 0.25) is 0 Å². The maximum atomic E-state index is 3.54. The molecule has 0 radical (unpaired) electrons. The normalized spacial score (nSPS) is 17.6. The van der Waals surface area contributed by atoms with E-state index in [4.69, 9.17) is 0 Å². The Bertz CT molecular complexity index is 375. The second kappa shape index (κ2) is 6.92. The molecule has 0 atom stereocenters. The van der Waals surface area contributed by atoms with Crippen LogP contribution in [0.5, 0.6) is 0 Å². The van der Waals surface area contributed by atoms with Crippen molar-refractivity contribution in [1.82, 2.24) is 9.80 Å². The van der Waals surface area contributed by atoms with Gasteiger partial charge in [-0.05, 0) is 57.1 Å². The zero-order valence-corrected chi connectivity index (χ0v) is 12.6. The number of nitrogens with zero attached hydrogens (tertiary/aromatic N) is 2. The fourth-order valence-electron chi connectivity index (χ4n) is 2.68. The van der Waals surface area contributed by atoms with Crippen LogP contribution in [0.25, 0.3) is 0 Å². The highest BCUT2D eigenvalue weighted by molar-refractivity contribution is 5.48. The molecule has 0 aliphatic carbocycles. The number of aryl methyl sites for hydroxylation is 2. The van der Waals surface area contributed by atoms with Gasteiger partial charge in [0.15, 0.2) is 0 Å². The van der Waals surface area contributed by atoms with Gasteiger partial charge in [0.1, 0.15) is 0 Å². The highest BCUT2D eigenvalue weighted by Crippen LogP contribution is 2.13. The van der Waals surface area contributed by atoms with Gasteiger partial charge in [0.25, 0.3) is 0 Å². The second-order valence-corrected chi connectivity index (χ2v) is 5.80. The molecule has 0 unspecified atom stereocenters. The molecule has 2 rings (SSSR count). The minimum atomic E-state index is 1.06. The van der Waals surface area contributed by atoms with Gasteiger partial charge in [-0.2, -0.15) is 0 Å². The number of rotatable bonds is 5. The summed E-state index contributed by atoms with van der Waals surface area (Å²) in [6.07, 6.45) is 1.22. The van der Waals surface area contributed by atoms with Crippen molar-refractivity contribution in [3.05, 3.63) is 29.3 Å². The molecule has 3 heteroatoms. The van der Waals surface area contributed by atoms with E-state index in [0.29, 0.717) is 0 Å². The molecular formula is C16H27N3. The lowest BCUT2D eigenvalue weighted by Crippen LogP contribution is -2.44. The molecule has 0 amide bonds. The van der Waals surface area contributed by atoms with Crippen molar-refractivity contribution in [3.8, 4) is 0 Å². The molecule has 1 aliphatic heterocycles. The van der Waals surface area contributed by atoms with Crippen molar-refractivity contribution in [3.63, 3.8) is 0 Å². The lowest BCUT2D eigenvalue weighted by molar-refractivity contribution is 0.154. The number of hydrogen-bond donors (Lipinski definition) is 1. The van der Waals surface area contributed by atoms with Crippen molar-refractivity contribution in [1.29, 1.82) is 0 Å². The Morgan fingerprint density at radius 1 is 1.00 bits per heavy atom. The molecule has 0 aromatic heterocycles. The van der Waals surface area contributed by atoms with Gasteiger partial charge in [-0.1, -0.05) is 6.07 Å². The number of piperazine rings is 1. The molecule has 0 spiro atoms. The molecular weight excluding hydrogens is 234 g/mol. The van der Waals surface area contributed by atoms with Gasteiger partial charge >= 0.3 is 0 Å². The quantitative estimate of drug-likeness (QED) is 0.821. The molecule has 0 bridgehead atoms. The summed E-state index contributed by atoms with van der Waals surface area (Å²) in [7, 11) is 2.21. The third-order valence-corrected chi connectivity index (χ3v) is 3.80. The molecule has 1 aliphatic rings. The van der Waals surface area contributed by atoms with Crippen molar-refractivity contribution in [2.24, 2.45) is 0 Å². The van der Waals surface area contributed by atoms with Crippen molar-refractivity contribution in [2.75, 3.05) is 51.6 Å². The minimum Gasteiger partial charge on any atom is -0.385 e. The van der Waals surface area contributed by atoms with Crippen LogP contribution in [0, 0.1) is 13.8 Å². The first-order valence-electron chi connectivity index (χ1n) is 7.36. The summed E-state index contributed by atoms with van der Waals surface area (Å²) in [5, 5.41) is 3.54. The molecule has 1 aromatic rings. The molecule has 1 aromatic carbocycles. The van der Waals surface area contributed by atoms with E-state index in [0.717, 1.165) is 6.54 Å². The topological polar surface area (TPSA) is 18.5 Å². The van der Waals surface area contributed by atoms with Crippen LogP contribution < -0.4 is 5.32 Å². The Kier molecular flexibility index (Phi) is 5.23. The molecule has 0 saturated carbocycles. The maximum Gasteiger partial charge on any atom is 0.0345 e. The van der Waals surface area contributed by atoms with Crippen LogP contribution in [0.4, 0.5) is 5.69 Å². The fourth-order valence-corrected chi connectivity index (χ4v) is 2.68. The summed E-state index contributed by atoms with van der Waals surface area (Å²) in [5.74, 6) is 0. The lowest BCUT2D eigenvalue weighted by Gasteiger charge is -2.32. The standard InChI is InChI=1S/C16H27N3/c1-14-11-15(2)13-16(12-14)17-5-4-6-19-9-7-18(3)8-10-19/h11-13,17H,4-10H2,1-3H3. The first-order chi connectivity index (χ1) is 9.13. The summed E-state index contributed by atoms with van der Waals surface area (Å²) in [6.45, 7) is 11.5. The highest BCUT2D eigenvalue weighted by atomic mass is 15.2. The van der Waals surface area contributed by atoms with Crippen molar-refractivity contribution < 1.29 is 0 Å². The van der Waals surface area contributed by atoms with Crippen molar-refractivity contribution in [2.45, 2.75) is 20.3 Å². The average molecular weight is 261 g/mol. The summed E-state index contributed by atoms with van der Waals surface area (Å²) in [6, 6.07) is 6.67. The third-order valence-electron chi connectivity index (χ3n) is 3.80. The Morgan fingerprint density at radius 3 is 2.26 bits per heavy atom. The first-order valence-corrected chi connectivity index (χ1v) is 7.36. The van der Waals surface area contributed by atoms with Crippen LogP contribution in [-0.4, -0.2) is 56.1 Å². The Balaban J connectivity index is 1.66. The summed E-state index contributed by atoms with van der Waals surface area (Å²) >= 11 is 0. The summed E-state index contributed by atoms with van der Waals surface area (Å²) in [4.78, 5) is 4.98. The zero-order valence-electron chi connectivity index (χ0n) is 12.6. The van der Waals surface area contributed by atoms with E-state index in [-0.39, 0.29) is 0 Å². The highest BCUT2D eigenvalue weighted by Gasteiger charge is 2.12. The van der Waals surface area contributed by atoms with E-state index in [1.807, 2.05) is 0 Å². The first kappa shape index (κ1) is 14.4. The third kappa shape index (κ3) is 4.84. The van der Waals surface area contributed by atoms with Crippen molar-refractivity contribution >= 4 is 5.69 Å². The smallest absolute Gasteiger partial charge is 0.0345 e. The van der Waals surface area contributed by atoms with Crippen LogP contribution >= 0.6 is 0 Å². The minimum absolute atomic E-state index is 1.06. The Hall–Kier alpha value is -1.06. The molecule has 1 saturated heterocycles. The second-order valence-electron chi connectivity index (χ2n) is 5.80. The number of benzene rings is 1. The van der Waals surface area contributed by atoms with Gasteiger partial charge in [-0.15, -0.1) is 0 Å². The van der Waals surface area contributed by atoms with E-state index in [9.17, 15) is 0 Å². The molecule has 106 valence electrons. The van der Waals surface area contributed by atoms with Gasteiger partial charge in [-0.25, -0.2) is 0 Å². The maximum absolute atomic E-state index is 3.54. The van der Waals surface area contributed by atoms with Gasteiger partial charge in [0.2, 0.25) is 0 Å². The van der Waals surface area contributed by atoms with Crippen LogP contribution in [0.15, 0.2) is 18.2 Å². The molecule has 3 nitrogen and oxygen atoms in total. The van der Waals surface area contributed by atoms with Crippen LogP contribution in [0.1, 0.15) is 17.5 Å². The van der Waals surface area contributed by atoms with E-state index in [1.165, 1.54) is 56.0 Å². The van der Waals surface area contributed by atoms with Gasteiger partial charge in [0.05, 0.1) is 0 Å². The van der Waals surface area contributed by atoms with E-state index < -0.39 is 0 Å². The largest absolute Gasteiger partial charge is 0.385 e. The van der Waals surface area contributed by atoms with E-state index in [2.05, 4.69) is 54.2 Å². The predicted molar refractivity (Wildman–Crippen MR) is 83.0 cm³/mol. The molecule has 19 heavy (non-hydrogen) atoms. The van der Waals surface area contributed by atoms with Gasteiger partial charge in [0, 0.05) is 38.4 Å². The van der Waals surface area contributed by atoms with Gasteiger partial charge < -0.3 is 15.1 Å². The van der Waals surface area contributed by atoms with Gasteiger partial charge in [-0.3, -0.25) is 0 Å². The van der Waals surface area contributed by atoms with Crippen LogP contribution in [-0.2, 0) is 0 Å². The van der Waals surface area contributed by atoms with E-state index >= 15 is 0 Å². The molecule has 1 N–H and O–H groups in total. The number of nitrogens with one attached hydrogen (secondary N) is 1.